The van der Waals surface area contributed by atoms with Gasteiger partial charge in [-0.15, -0.1) is 0 Å². The number of carbonyl (C=O) groups is 1. The molecule has 1 amide bonds. The van der Waals surface area contributed by atoms with Crippen molar-refractivity contribution in [2.45, 2.75) is 347 Å². The van der Waals surface area contributed by atoms with E-state index in [0.717, 1.165) is 32.1 Å². The van der Waals surface area contributed by atoms with Crippen LogP contribution in [0.2, 0.25) is 0 Å². The van der Waals surface area contributed by atoms with Crippen molar-refractivity contribution >= 4 is 5.91 Å². The van der Waals surface area contributed by atoms with Crippen LogP contribution in [0.4, 0.5) is 0 Å². The molecule has 3 unspecified atom stereocenters. The Labute approximate surface area is 395 Å². The molecule has 4 N–H and O–H groups in total. The van der Waals surface area contributed by atoms with Gasteiger partial charge in [0.25, 0.3) is 0 Å². The summed E-state index contributed by atoms with van der Waals surface area (Å²) in [5.74, 6) is -0.138. The van der Waals surface area contributed by atoms with Crippen molar-refractivity contribution in [1.29, 1.82) is 0 Å². The Morgan fingerprint density at radius 2 is 0.635 bits per heavy atom. The normalized spacial score (nSPS) is 13.3. The fraction of sp³-hybridized carbons (Fsp3) is 0.948. The van der Waals surface area contributed by atoms with Crippen molar-refractivity contribution in [2.24, 2.45) is 0 Å². The quantitative estimate of drug-likeness (QED) is 0.0362. The van der Waals surface area contributed by atoms with Crippen LogP contribution in [0.3, 0.4) is 0 Å². The van der Waals surface area contributed by atoms with Gasteiger partial charge in [0.1, 0.15) is 6.10 Å². The number of amides is 1. The summed E-state index contributed by atoms with van der Waals surface area (Å²) in [5, 5.41) is 33.7. The van der Waals surface area contributed by atoms with E-state index in [1.165, 1.54) is 270 Å². The van der Waals surface area contributed by atoms with Crippen molar-refractivity contribution < 1.29 is 20.1 Å². The molecular formula is C58H115NO4. The van der Waals surface area contributed by atoms with E-state index in [-0.39, 0.29) is 12.5 Å². The maximum Gasteiger partial charge on any atom is 0.220 e. The van der Waals surface area contributed by atoms with Crippen molar-refractivity contribution in [3.63, 3.8) is 0 Å². The van der Waals surface area contributed by atoms with Gasteiger partial charge in [-0.25, -0.2) is 0 Å². The SMILES string of the molecule is CCCCCCCCCCCCCCCC/C=C\CCCCCCCCCCCCCCCCCCCC(=O)NC(CO)C(O)C(O)CCCCCCCCCCCCCCCC. The molecule has 5 nitrogen and oxygen atoms in total. The molecule has 63 heavy (non-hydrogen) atoms. The van der Waals surface area contributed by atoms with Gasteiger partial charge in [0.15, 0.2) is 0 Å². The predicted molar refractivity (Wildman–Crippen MR) is 278 cm³/mol. The van der Waals surface area contributed by atoms with Gasteiger partial charge in [0, 0.05) is 6.42 Å². The summed E-state index contributed by atoms with van der Waals surface area (Å²) in [7, 11) is 0. The molecule has 0 aromatic rings. The van der Waals surface area contributed by atoms with Crippen molar-refractivity contribution in [1.82, 2.24) is 5.32 Å². The Morgan fingerprint density at radius 3 is 0.921 bits per heavy atom. The Morgan fingerprint density at radius 1 is 0.381 bits per heavy atom. The van der Waals surface area contributed by atoms with E-state index in [4.69, 9.17) is 0 Å². The number of carbonyl (C=O) groups excluding carboxylic acids is 1. The van der Waals surface area contributed by atoms with Gasteiger partial charge < -0.3 is 20.6 Å². The standard InChI is InChI=1S/C58H115NO4/c1-3-5-7-9-11-13-15-17-19-20-21-22-23-24-25-26-27-28-29-30-31-32-33-34-35-36-37-38-39-41-43-45-47-49-51-53-57(62)59-55(54-60)58(63)56(61)52-50-48-46-44-42-40-18-16-14-12-10-8-6-4-2/h26-27,55-56,58,60-61,63H,3-25,28-54H2,1-2H3,(H,59,62)/b27-26-. The maximum absolute atomic E-state index is 12.5. The molecule has 0 rings (SSSR count). The van der Waals surface area contributed by atoms with Gasteiger partial charge in [0.05, 0.1) is 18.8 Å². The second-order valence-corrected chi connectivity index (χ2v) is 20.2. The highest BCUT2D eigenvalue weighted by Gasteiger charge is 2.26. The van der Waals surface area contributed by atoms with Gasteiger partial charge in [-0.2, -0.15) is 0 Å². The number of unbranched alkanes of at least 4 members (excludes halogenated alkanes) is 44. The first-order valence-corrected chi connectivity index (χ1v) is 29.0. The van der Waals surface area contributed by atoms with Gasteiger partial charge in [0.2, 0.25) is 5.91 Å². The first kappa shape index (κ1) is 62.1. The van der Waals surface area contributed by atoms with Crippen LogP contribution in [0.15, 0.2) is 12.2 Å². The van der Waals surface area contributed by atoms with Crippen LogP contribution >= 0.6 is 0 Å². The molecule has 5 heteroatoms. The molecule has 3 atom stereocenters. The highest BCUT2D eigenvalue weighted by molar-refractivity contribution is 5.76. The largest absolute Gasteiger partial charge is 0.394 e. The summed E-state index contributed by atoms with van der Waals surface area (Å²) < 4.78 is 0. The highest BCUT2D eigenvalue weighted by atomic mass is 16.3. The molecule has 0 bridgehead atoms. The summed E-state index contributed by atoms with van der Waals surface area (Å²) in [6, 6.07) is -0.805. The average molecular weight is 891 g/mol. The predicted octanol–water partition coefficient (Wildman–Crippen LogP) is 17.9. The lowest BCUT2D eigenvalue weighted by Gasteiger charge is -2.26. The summed E-state index contributed by atoms with van der Waals surface area (Å²) in [4.78, 5) is 12.5. The van der Waals surface area contributed by atoms with E-state index in [9.17, 15) is 20.1 Å². The third kappa shape index (κ3) is 48.8. The van der Waals surface area contributed by atoms with E-state index in [1.54, 1.807) is 0 Å². The zero-order valence-corrected chi connectivity index (χ0v) is 43.0. The number of aliphatic hydroxyl groups excluding tert-OH is 3. The molecule has 0 aromatic carbocycles. The summed E-state index contributed by atoms with van der Waals surface area (Å²) >= 11 is 0. The Kier molecular flexibility index (Phi) is 52.9. The molecule has 0 saturated heterocycles. The summed E-state index contributed by atoms with van der Waals surface area (Å²) in [6.07, 6.45) is 66.7. The van der Waals surface area contributed by atoms with Crippen LogP contribution in [0.1, 0.15) is 328 Å². The van der Waals surface area contributed by atoms with E-state index in [0.29, 0.717) is 12.8 Å². The number of aliphatic hydroxyl groups is 3. The molecule has 0 aliphatic rings. The third-order valence-electron chi connectivity index (χ3n) is 13.9. The lowest BCUT2D eigenvalue weighted by molar-refractivity contribution is -0.124. The van der Waals surface area contributed by atoms with Crippen molar-refractivity contribution in [3.8, 4) is 0 Å². The molecular weight excluding hydrogens is 775 g/mol. The molecule has 0 aromatic heterocycles. The highest BCUT2D eigenvalue weighted by Crippen LogP contribution is 2.18. The molecule has 0 radical (unpaired) electrons. The van der Waals surface area contributed by atoms with E-state index in [2.05, 4.69) is 31.3 Å². The second kappa shape index (κ2) is 53.7. The van der Waals surface area contributed by atoms with Crippen LogP contribution in [-0.2, 0) is 4.79 Å². The third-order valence-corrected chi connectivity index (χ3v) is 13.9. The van der Waals surface area contributed by atoms with E-state index in [1.807, 2.05) is 0 Å². The average Bonchev–Trinajstić information content (AvgIpc) is 3.29. The molecule has 0 aliphatic heterocycles. The number of rotatable bonds is 54. The van der Waals surface area contributed by atoms with Gasteiger partial charge in [-0.1, -0.05) is 296 Å². The van der Waals surface area contributed by atoms with Crippen LogP contribution in [0, 0.1) is 0 Å². The smallest absolute Gasteiger partial charge is 0.220 e. The van der Waals surface area contributed by atoms with Crippen LogP contribution in [0.25, 0.3) is 0 Å². The molecule has 0 aliphatic carbocycles. The van der Waals surface area contributed by atoms with Gasteiger partial charge in [-0.3, -0.25) is 4.79 Å². The fourth-order valence-corrected chi connectivity index (χ4v) is 9.40. The zero-order chi connectivity index (χ0) is 45.8. The monoisotopic (exact) mass is 890 g/mol. The molecule has 0 saturated carbocycles. The number of hydrogen-bond acceptors (Lipinski definition) is 4. The second-order valence-electron chi connectivity index (χ2n) is 20.2. The number of hydrogen-bond donors (Lipinski definition) is 4. The Bertz CT molecular complexity index is 894. The molecule has 0 heterocycles. The van der Waals surface area contributed by atoms with Gasteiger partial charge in [-0.05, 0) is 38.5 Å². The topological polar surface area (TPSA) is 89.8 Å². The van der Waals surface area contributed by atoms with E-state index < -0.39 is 18.2 Å². The minimum absolute atomic E-state index is 0.138. The first-order valence-electron chi connectivity index (χ1n) is 29.0. The van der Waals surface area contributed by atoms with Crippen LogP contribution < -0.4 is 5.32 Å². The van der Waals surface area contributed by atoms with Crippen molar-refractivity contribution in [3.05, 3.63) is 12.2 Å². The lowest BCUT2D eigenvalue weighted by atomic mass is 9.99. The summed E-state index contributed by atoms with van der Waals surface area (Å²) in [6.45, 7) is 4.21. The first-order chi connectivity index (χ1) is 31.1. The number of nitrogens with one attached hydrogen (secondary N) is 1. The number of allylic oxidation sites excluding steroid dienone is 2. The fourth-order valence-electron chi connectivity index (χ4n) is 9.40. The summed E-state index contributed by atoms with van der Waals surface area (Å²) in [5.41, 5.74) is 0. The molecule has 0 spiro atoms. The lowest BCUT2D eigenvalue weighted by Crippen LogP contribution is -2.50. The van der Waals surface area contributed by atoms with Crippen LogP contribution in [0.5, 0.6) is 0 Å². The Hall–Kier alpha value is -0.910. The van der Waals surface area contributed by atoms with E-state index >= 15 is 0 Å². The Balaban J connectivity index is 3.44. The maximum atomic E-state index is 12.5. The minimum Gasteiger partial charge on any atom is -0.394 e. The van der Waals surface area contributed by atoms with Crippen LogP contribution in [-0.4, -0.2) is 46.1 Å². The molecule has 0 fully saturated rings. The molecule has 376 valence electrons. The van der Waals surface area contributed by atoms with Gasteiger partial charge >= 0.3 is 0 Å². The zero-order valence-electron chi connectivity index (χ0n) is 43.0. The minimum atomic E-state index is -1.13. The van der Waals surface area contributed by atoms with Crippen molar-refractivity contribution in [2.75, 3.05) is 6.61 Å².